The number of pyridine rings is 1. The number of nitrogens with one attached hydrogen (secondary N) is 1. The Morgan fingerprint density at radius 3 is 2.57 bits per heavy atom. The van der Waals surface area contributed by atoms with Gasteiger partial charge >= 0.3 is 11.4 Å². The van der Waals surface area contributed by atoms with Crippen LogP contribution in [0.4, 0.5) is 14.6 Å². The van der Waals surface area contributed by atoms with Gasteiger partial charge in [-0.25, -0.2) is 18.6 Å². The summed E-state index contributed by atoms with van der Waals surface area (Å²) < 4.78 is 24.1. The molecule has 0 unspecified atom stereocenters. The number of H-pyrrole nitrogens is 1. The van der Waals surface area contributed by atoms with Gasteiger partial charge in [0, 0.05) is 11.6 Å². The maximum absolute atomic E-state index is 12.2. The van der Waals surface area contributed by atoms with Crippen molar-refractivity contribution in [2.45, 2.75) is 6.43 Å². The summed E-state index contributed by atoms with van der Waals surface area (Å²) in [6.45, 7) is 0. The summed E-state index contributed by atoms with van der Waals surface area (Å²) in [4.78, 5) is 22.0. The number of aromatic amines is 1. The highest BCUT2D eigenvalue weighted by atomic mass is 79.9. The van der Waals surface area contributed by atoms with Crippen molar-refractivity contribution >= 4 is 21.7 Å². The van der Waals surface area contributed by atoms with E-state index < -0.39 is 32.8 Å². The molecule has 0 aromatic carbocycles. The number of nitro groups is 1. The molecular weight excluding hydrogens is 266 g/mol. The number of aromatic nitrogens is 1. The van der Waals surface area contributed by atoms with Gasteiger partial charge in [0.2, 0.25) is 0 Å². The second-order valence-corrected chi connectivity index (χ2v) is 3.10. The molecule has 5 nitrogen and oxygen atoms in total. The van der Waals surface area contributed by atoms with Gasteiger partial charge < -0.3 is 10.1 Å². The maximum atomic E-state index is 12.2. The lowest BCUT2D eigenvalue weighted by Crippen LogP contribution is -2.12. The molecular formula is C6H3BrF2N2O3. The summed E-state index contributed by atoms with van der Waals surface area (Å²) in [7, 11) is 0. The first kappa shape index (κ1) is 10.8. The van der Waals surface area contributed by atoms with Gasteiger partial charge in [-0.3, -0.25) is 0 Å². The molecule has 1 rings (SSSR count). The van der Waals surface area contributed by atoms with Crippen LogP contribution in [0.25, 0.3) is 0 Å². The molecule has 1 heterocycles. The summed E-state index contributed by atoms with van der Waals surface area (Å²) in [6.07, 6.45) is -2.94. The fourth-order valence-electron chi connectivity index (χ4n) is 0.806. The van der Waals surface area contributed by atoms with E-state index in [2.05, 4.69) is 15.9 Å². The zero-order valence-electron chi connectivity index (χ0n) is 6.46. The van der Waals surface area contributed by atoms with Crippen molar-refractivity contribution < 1.29 is 13.7 Å². The third-order valence-electron chi connectivity index (χ3n) is 1.42. The van der Waals surface area contributed by atoms with Gasteiger partial charge in [0.25, 0.3) is 6.43 Å². The van der Waals surface area contributed by atoms with Gasteiger partial charge in [0.1, 0.15) is 4.47 Å². The van der Waals surface area contributed by atoms with Crippen LogP contribution in [0.2, 0.25) is 0 Å². The van der Waals surface area contributed by atoms with Crippen molar-refractivity contribution in [3.8, 4) is 0 Å². The van der Waals surface area contributed by atoms with Crippen LogP contribution in [0.5, 0.6) is 0 Å². The van der Waals surface area contributed by atoms with E-state index in [0.29, 0.717) is 6.07 Å². The van der Waals surface area contributed by atoms with Crippen molar-refractivity contribution in [1.82, 2.24) is 4.98 Å². The summed E-state index contributed by atoms with van der Waals surface area (Å²) in [5, 5.41) is 10.2. The average Bonchev–Trinajstić information content (AvgIpc) is 2.08. The molecule has 76 valence electrons. The smallest absolute Gasteiger partial charge is 0.346 e. The Hall–Kier alpha value is -1.31. The Kier molecular flexibility index (Phi) is 2.94. The summed E-state index contributed by atoms with van der Waals surface area (Å²) in [5.41, 5.74) is -1.64. The lowest BCUT2D eigenvalue weighted by molar-refractivity contribution is -0.389. The van der Waals surface area contributed by atoms with Crippen LogP contribution in [0.1, 0.15) is 12.0 Å². The predicted molar refractivity (Wildman–Crippen MR) is 46.4 cm³/mol. The molecule has 0 saturated heterocycles. The van der Waals surface area contributed by atoms with E-state index >= 15 is 0 Å². The van der Waals surface area contributed by atoms with Crippen LogP contribution in [0.15, 0.2) is 15.3 Å². The monoisotopic (exact) mass is 268 g/mol. The molecule has 0 amide bonds. The number of hydrogen-bond acceptors (Lipinski definition) is 3. The van der Waals surface area contributed by atoms with E-state index in [1.165, 1.54) is 0 Å². The Balaban J connectivity index is 3.43. The van der Waals surface area contributed by atoms with Gasteiger partial charge in [-0.05, 0) is 20.9 Å². The molecule has 0 spiro atoms. The van der Waals surface area contributed by atoms with Crippen LogP contribution in [0, 0.1) is 10.1 Å². The van der Waals surface area contributed by atoms with E-state index in [-0.39, 0.29) is 0 Å². The second-order valence-electron chi connectivity index (χ2n) is 2.31. The quantitative estimate of drug-likeness (QED) is 0.658. The molecule has 0 fully saturated rings. The predicted octanol–water partition coefficient (Wildman–Crippen LogP) is 1.98. The number of nitrogens with zero attached hydrogens (tertiary/aromatic N) is 1. The third-order valence-corrected chi connectivity index (χ3v) is 2.24. The topological polar surface area (TPSA) is 76.0 Å². The molecule has 1 aromatic rings. The largest absolute Gasteiger partial charge is 0.358 e. The molecule has 0 aliphatic rings. The van der Waals surface area contributed by atoms with Crippen molar-refractivity contribution in [2.24, 2.45) is 0 Å². The fourth-order valence-corrected chi connectivity index (χ4v) is 1.19. The van der Waals surface area contributed by atoms with E-state index in [4.69, 9.17) is 0 Å². The fraction of sp³-hybridized carbons (Fsp3) is 0.167. The Bertz CT molecular complexity index is 432. The third kappa shape index (κ3) is 1.95. The van der Waals surface area contributed by atoms with Crippen LogP contribution in [0.3, 0.4) is 0 Å². The second kappa shape index (κ2) is 3.82. The minimum atomic E-state index is -2.94. The lowest BCUT2D eigenvalue weighted by atomic mass is 10.3. The first-order valence-corrected chi connectivity index (χ1v) is 4.08. The molecule has 0 bridgehead atoms. The Morgan fingerprint density at radius 2 is 2.14 bits per heavy atom. The minimum Gasteiger partial charge on any atom is -0.358 e. The van der Waals surface area contributed by atoms with E-state index in [9.17, 15) is 23.7 Å². The first-order valence-electron chi connectivity index (χ1n) is 3.28. The summed E-state index contributed by atoms with van der Waals surface area (Å²) >= 11 is 2.62. The van der Waals surface area contributed by atoms with E-state index in [1.807, 2.05) is 4.98 Å². The van der Waals surface area contributed by atoms with Crippen LogP contribution in [-0.2, 0) is 0 Å². The van der Waals surface area contributed by atoms with E-state index in [0.717, 1.165) is 0 Å². The van der Waals surface area contributed by atoms with Crippen LogP contribution < -0.4 is 5.56 Å². The highest BCUT2D eigenvalue weighted by Crippen LogP contribution is 2.26. The van der Waals surface area contributed by atoms with Gasteiger partial charge in [0.15, 0.2) is 0 Å². The van der Waals surface area contributed by atoms with E-state index in [1.54, 1.807) is 0 Å². The number of alkyl halides is 2. The normalized spacial score (nSPS) is 10.6. The Labute approximate surface area is 84.0 Å². The van der Waals surface area contributed by atoms with Crippen molar-refractivity contribution in [2.75, 3.05) is 0 Å². The summed E-state index contributed by atoms with van der Waals surface area (Å²) in [6, 6.07) is 0.621. The summed E-state index contributed by atoms with van der Waals surface area (Å²) in [5.74, 6) is -0.756. The molecule has 1 aromatic heterocycles. The average molecular weight is 269 g/mol. The Morgan fingerprint density at radius 1 is 1.57 bits per heavy atom. The zero-order valence-corrected chi connectivity index (χ0v) is 8.05. The van der Waals surface area contributed by atoms with Crippen molar-refractivity contribution in [3.05, 3.63) is 36.6 Å². The maximum Gasteiger partial charge on any atom is 0.346 e. The van der Waals surface area contributed by atoms with Gasteiger partial charge in [-0.2, -0.15) is 0 Å². The van der Waals surface area contributed by atoms with Crippen molar-refractivity contribution in [1.29, 1.82) is 0 Å². The molecule has 0 aliphatic carbocycles. The SMILES string of the molecule is O=c1[nH]c([N+](=O)[O-])cc(C(F)F)c1Br. The van der Waals surface area contributed by atoms with Gasteiger partial charge in [-0.1, -0.05) is 0 Å². The highest BCUT2D eigenvalue weighted by molar-refractivity contribution is 9.10. The number of rotatable bonds is 2. The number of halogens is 3. The molecule has 0 atom stereocenters. The lowest BCUT2D eigenvalue weighted by Gasteiger charge is -2.01. The minimum absolute atomic E-state index is 0.391. The molecule has 14 heavy (non-hydrogen) atoms. The van der Waals surface area contributed by atoms with Crippen LogP contribution >= 0.6 is 15.9 Å². The van der Waals surface area contributed by atoms with Gasteiger partial charge in [-0.15, -0.1) is 0 Å². The molecule has 0 radical (unpaired) electrons. The molecule has 8 heteroatoms. The molecule has 0 aliphatic heterocycles. The van der Waals surface area contributed by atoms with Crippen molar-refractivity contribution in [3.63, 3.8) is 0 Å². The van der Waals surface area contributed by atoms with Gasteiger partial charge in [0.05, 0.1) is 0 Å². The highest BCUT2D eigenvalue weighted by Gasteiger charge is 2.20. The first-order chi connectivity index (χ1) is 6.43. The molecule has 0 saturated carbocycles. The zero-order chi connectivity index (χ0) is 10.9. The molecule has 1 N–H and O–H groups in total. The van der Waals surface area contributed by atoms with Crippen LogP contribution in [-0.4, -0.2) is 9.91 Å². The standard InChI is InChI=1S/C6H3BrF2N2O3/c7-4-2(5(8)9)1-3(11(13)14)10-6(4)12/h1,5H,(H,10,12). The number of hydrogen-bond donors (Lipinski definition) is 1.